The number of halogens is 1. The molecule has 0 aliphatic rings. The Morgan fingerprint density at radius 2 is 2.17 bits per heavy atom. The van der Waals surface area contributed by atoms with Gasteiger partial charge in [0.05, 0.1) is 0 Å². The molecule has 0 unspecified atom stereocenters. The molecule has 2 aromatic rings. The molecule has 18 heavy (non-hydrogen) atoms. The number of hydrogen-bond donors (Lipinski definition) is 1. The fraction of sp³-hybridized carbons (Fsp3) is 0.0769. The molecule has 0 aliphatic heterocycles. The van der Waals surface area contributed by atoms with Crippen LogP contribution in [0.15, 0.2) is 47.1 Å². The van der Waals surface area contributed by atoms with Crippen LogP contribution in [0.3, 0.4) is 0 Å². The molecule has 4 nitrogen and oxygen atoms in total. The molecule has 0 spiro atoms. The molecule has 0 amide bonds. The minimum absolute atomic E-state index is 0.0208. The maximum atomic E-state index is 11.0. The van der Waals surface area contributed by atoms with Gasteiger partial charge in [-0.05, 0) is 24.3 Å². The van der Waals surface area contributed by atoms with Crippen molar-refractivity contribution in [2.45, 2.75) is 6.61 Å². The monoisotopic (exact) mass is 307 g/mol. The van der Waals surface area contributed by atoms with Gasteiger partial charge < -0.3 is 9.84 Å². The molecule has 0 radical (unpaired) electrons. The lowest BCUT2D eigenvalue weighted by molar-refractivity contribution is 0.0687. The summed E-state index contributed by atoms with van der Waals surface area (Å²) in [6.45, 7) is 0.173. The zero-order chi connectivity index (χ0) is 13.0. The Labute approximate surface area is 112 Å². The molecule has 1 aromatic carbocycles. The van der Waals surface area contributed by atoms with Crippen LogP contribution < -0.4 is 4.74 Å². The maximum Gasteiger partial charge on any atom is 0.354 e. The van der Waals surface area contributed by atoms with Crippen molar-refractivity contribution in [1.82, 2.24) is 4.98 Å². The SMILES string of the molecule is O=C(O)c1ncccc1COc1cccc(Br)c1. The van der Waals surface area contributed by atoms with Crippen LogP contribution >= 0.6 is 15.9 Å². The summed E-state index contributed by atoms with van der Waals surface area (Å²) in [5, 5.41) is 8.98. The lowest BCUT2D eigenvalue weighted by Gasteiger charge is -2.08. The van der Waals surface area contributed by atoms with E-state index in [0.29, 0.717) is 11.3 Å². The van der Waals surface area contributed by atoms with Crippen molar-refractivity contribution in [3.63, 3.8) is 0 Å². The Morgan fingerprint density at radius 1 is 1.33 bits per heavy atom. The summed E-state index contributed by atoms with van der Waals surface area (Å²) >= 11 is 3.34. The van der Waals surface area contributed by atoms with Crippen molar-refractivity contribution in [2.75, 3.05) is 0 Å². The molecule has 0 saturated carbocycles. The van der Waals surface area contributed by atoms with Crippen LogP contribution in [0.2, 0.25) is 0 Å². The Balaban J connectivity index is 2.13. The molecule has 2 rings (SSSR count). The number of rotatable bonds is 4. The van der Waals surface area contributed by atoms with Crippen LogP contribution in [-0.2, 0) is 6.61 Å². The van der Waals surface area contributed by atoms with Gasteiger partial charge in [-0.3, -0.25) is 0 Å². The van der Waals surface area contributed by atoms with E-state index >= 15 is 0 Å². The number of benzene rings is 1. The number of pyridine rings is 1. The Bertz CT molecular complexity index is 572. The van der Waals surface area contributed by atoms with Gasteiger partial charge >= 0.3 is 5.97 Å². The average Bonchev–Trinajstić information content (AvgIpc) is 2.37. The summed E-state index contributed by atoms with van der Waals surface area (Å²) in [5.74, 6) is -0.381. The summed E-state index contributed by atoms with van der Waals surface area (Å²) in [6.07, 6.45) is 1.45. The van der Waals surface area contributed by atoms with Gasteiger partial charge in [-0.1, -0.05) is 28.1 Å². The van der Waals surface area contributed by atoms with Crippen molar-refractivity contribution in [1.29, 1.82) is 0 Å². The lowest BCUT2D eigenvalue weighted by atomic mass is 10.2. The Kier molecular flexibility index (Phi) is 3.94. The van der Waals surface area contributed by atoms with Crippen molar-refractivity contribution in [3.8, 4) is 5.75 Å². The fourth-order valence-electron chi connectivity index (χ4n) is 1.47. The number of carboxylic acid groups (broad SMARTS) is 1. The van der Waals surface area contributed by atoms with Crippen LogP contribution in [0.1, 0.15) is 16.1 Å². The molecule has 92 valence electrons. The summed E-state index contributed by atoms with van der Waals surface area (Å²) < 4.78 is 6.44. The predicted molar refractivity (Wildman–Crippen MR) is 69.7 cm³/mol. The third-order valence-electron chi connectivity index (χ3n) is 2.28. The number of ether oxygens (including phenoxy) is 1. The summed E-state index contributed by atoms with van der Waals surface area (Å²) in [6, 6.07) is 10.7. The zero-order valence-electron chi connectivity index (χ0n) is 9.34. The largest absolute Gasteiger partial charge is 0.489 e. The van der Waals surface area contributed by atoms with Gasteiger partial charge in [0.2, 0.25) is 0 Å². The van der Waals surface area contributed by atoms with E-state index in [-0.39, 0.29) is 12.3 Å². The van der Waals surface area contributed by atoms with Gasteiger partial charge in [0.1, 0.15) is 12.4 Å². The van der Waals surface area contributed by atoms with Crippen LogP contribution in [0.25, 0.3) is 0 Å². The van der Waals surface area contributed by atoms with Crippen LogP contribution in [0.5, 0.6) is 5.75 Å². The Hall–Kier alpha value is -1.88. The molecule has 0 atom stereocenters. The first kappa shape index (κ1) is 12.6. The Morgan fingerprint density at radius 3 is 2.89 bits per heavy atom. The van der Waals surface area contributed by atoms with Crippen molar-refractivity contribution in [3.05, 3.63) is 58.3 Å². The molecular formula is C13H10BrNO3. The van der Waals surface area contributed by atoms with Crippen molar-refractivity contribution < 1.29 is 14.6 Å². The number of carbonyl (C=O) groups is 1. The van der Waals surface area contributed by atoms with Gasteiger partial charge in [0.15, 0.2) is 5.69 Å². The predicted octanol–water partition coefficient (Wildman–Crippen LogP) is 3.12. The van der Waals surface area contributed by atoms with Gasteiger partial charge in [-0.25, -0.2) is 9.78 Å². The van der Waals surface area contributed by atoms with Crippen molar-refractivity contribution >= 4 is 21.9 Å². The number of aromatic carboxylic acids is 1. The van der Waals surface area contributed by atoms with E-state index in [1.165, 1.54) is 6.20 Å². The van der Waals surface area contributed by atoms with E-state index in [9.17, 15) is 4.79 Å². The molecule has 0 aliphatic carbocycles. The van der Waals surface area contributed by atoms with Gasteiger partial charge in [0.25, 0.3) is 0 Å². The van der Waals surface area contributed by atoms with Gasteiger partial charge in [0, 0.05) is 16.2 Å². The summed E-state index contributed by atoms with van der Waals surface area (Å²) in [5.41, 5.74) is 0.567. The average molecular weight is 308 g/mol. The van der Waals surface area contributed by atoms with E-state index in [1.54, 1.807) is 12.1 Å². The minimum atomic E-state index is -1.05. The smallest absolute Gasteiger partial charge is 0.354 e. The highest BCUT2D eigenvalue weighted by Gasteiger charge is 2.11. The van der Waals surface area contributed by atoms with Crippen LogP contribution in [0.4, 0.5) is 0 Å². The first-order valence-electron chi connectivity index (χ1n) is 5.22. The van der Waals surface area contributed by atoms with Crippen molar-refractivity contribution in [2.24, 2.45) is 0 Å². The summed E-state index contributed by atoms with van der Waals surface area (Å²) in [7, 11) is 0. The van der Waals surface area contributed by atoms with Gasteiger partial charge in [-0.2, -0.15) is 0 Å². The second-order valence-electron chi connectivity index (χ2n) is 3.56. The molecule has 1 aromatic heterocycles. The zero-order valence-corrected chi connectivity index (χ0v) is 10.9. The lowest BCUT2D eigenvalue weighted by Crippen LogP contribution is -2.07. The number of carboxylic acids is 1. The second kappa shape index (κ2) is 5.64. The molecule has 5 heteroatoms. The summed E-state index contributed by atoms with van der Waals surface area (Å²) in [4.78, 5) is 14.8. The number of nitrogens with zero attached hydrogens (tertiary/aromatic N) is 1. The van der Waals surface area contributed by atoms with Crippen LogP contribution in [0, 0.1) is 0 Å². The molecule has 1 heterocycles. The highest BCUT2D eigenvalue weighted by molar-refractivity contribution is 9.10. The van der Waals surface area contributed by atoms with E-state index < -0.39 is 5.97 Å². The second-order valence-corrected chi connectivity index (χ2v) is 4.48. The first-order chi connectivity index (χ1) is 8.66. The fourth-order valence-corrected chi connectivity index (χ4v) is 1.84. The van der Waals surface area contributed by atoms with Gasteiger partial charge in [-0.15, -0.1) is 0 Å². The molecule has 0 saturated heterocycles. The minimum Gasteiger partial charge on any atom is -0.489 e. The molecule has 0 bridgehead atoms. The maximum absolute atomic E-state index is 11.0. The van der Waals surface area contributed by atoms with Crippen LogP contribution in [-0.4, -0.2) is 16.1 Å². The molecule has 0 fully saturated rings. The van der Waals surface area contributed by atoms with E-state index in [0.717, 1.165) is 4.47 Å². The third-order valence-corrected chi connectivity index (χ3v) is 2.78. The quantitative estimate of drug-likeness (QED) is 0.943. The topological polar surface area (TPSA) is 59.4 Å². The molecule has 1 N–H and O–H groups in total. The number of aromatic nitrogens is 1. The highest BCUT2D eigenvalue weighted by Crippen LogP contribution is 2.19. The highest BCUT2D eigenvalue weighted by atomic mass is 79.9. The normalized spacial score (nSPS) is 10.1. The standard InChI is InChI=1S/C13H10BrNO3/c14-10-4-1-5-11(7-10)18-8-9-3-2-6-15-12(9)13(16)17/h1-7H,8H2,(H,16,17). The van der Waals surface area contributed by atoms with E-state index in [4.69, 9.17) is 9.84 Å². The molecular weight excluding hydrogens is 298 g/mol. The third kappa shape index (κ3) is 3.07. The van der Waals surface area contributed by atoms with E-state index in [1.807, 2.05) is 24.3 Å². The first-order valence-corrected chi connectivity index (χ1v) is 6.01. The number of hydrogen-bond acceptors (Lipinski definition) is 3. The van der Waals surface area contributed by atoms with E-state index in [2.05, 4.69) is 20.9 Å².